The first-order valence-corrected chi connectivity index (χ1v) is 5.48. The number of hydrogen-bond acceptors (Lipinski definition) is 3. The Morgan fingerprint density at radius 3 is 2.62 bits per heavy atom. The summed E-state index contributed by atoms with van der Waals surface area (Å²) in [7, 11) is 1.40. The Morgan fingerprint density at radius 2 is 2.06 bits per heavy atom. The van der Waals surface area contributed by atoms with Crippen LogP contribution in [0.5, 0.6) is 0 Å². The van der Waals surface area contributed by atoms with Crippen molar-refractivity contribution in [2.75, 3.05) is 13.7 Å². The lowest BCUT2D eigenvalue weighted by atomic mass is 9.96. The summed E-state index contributed by atoms with van der Waals surface area (Å²) in [4.78, 5) is 11.5. The van der Waals surface area contributed by atoms with Crippen LogP contribution in [0, 0.1) is 13.8 Å². The molecule has 88 valence electrons. The van der Waals surface area contributed by atoms with Gasteiger partial charge in [-0.25, -0.2) is 4.79 Å². The topological polar surface area (TPSA) is 52.3 Å². The molecule has 0 saturated carbocycles. The molecule has 16 heavy (non-hydrogen) atoms. The highest BCUT2D eigenvalue weighted by Crippen LogP contribution is 2.18. The van der Waals surface area contributed by atoms with Gasteiger partial charge >= 0.3 is 5.97 Å². The maximum absolute atomic E-state index is 11.5. The van der Waals surface area contributed by atoms with Crippen molar-refractivity contribution in [1.29, 1.82) is 0 Å². The average molecular weight is 221 g/mol. The summed E-state index contributed by atoms with van der Waals surface area (Å²) >= 11 is 0. The predicted octanol–water partition coefficient (Wildman–Crippen LogP) is 1.98. The van der Waals surface area contributed by atoms with Crippen molar-refractivity contribution in [3.8, 4) is 0 Å². The van der Waals surface area contributed by atoms with Crippen LogP contribution in [0.3, 0.4) is 0 Å². The number of ether oxygens (including phenoxy) is 1. The minimum atomic E-state index is -0.280. The molecule has 0 heterocycles. The van der Waals surface area contributed by atoms with E-state index in [9.17, 15) is 4.79 Å². The van der Waals surface area contributed by atoms with Gasteiger partial charge in [0.2, 0.25) is 0 Å². The van der Waals surface area contributed by atoms with Gasteiger partial charge in [0.05, 0.1) is 12.7 Å². The van der Waals surface area contributed by atoms with E-state index in [0.717, 1.165) is 18.4 Å². The quantitative estimate of drug-likeness (QED) is 0.791. The number of methoxy groups -OCH3 is 1. The first-order valence-electron chi connectivity index (χ1n) is 5.48. The predicted molar refractivity (Wildman–Crippen MR) is 64.6 cm³/mol. The zero-order valence-electron chi connectivity index (χ0n) is 10.2. The van der Waals surface area contributed by atoms with E-state index in [1.165, 1.54) is 18.2 Å². The number of carbonyl (C=O) groups excluding carboxylic acids is 1. The molecule has 1 aromatic carbocycles. The molecule has 3 nitrogen and oxygen atoms in total. The molecule has 2 N–H and O–H groups in total. The minimum absolute atomic E-state index is 0.280. The largest absolute Gasteiger partial charge is 0.465 e. The van der Waals surface area contributed by atoms with Crippen LogP contribution in [-0.2, 0) is 11.2 Å². The van der Waals surface area contributed by atoms with Gasteiger partial charge in [-0.1, -0.05) is 0 Å². The van der Waals surface area contributed by atoms with E-state index < -0.39 is 0 Å². The summed E-state index contributed by atoms with van der Waals surface area (Å²) in [6, 6.07) is 3.77. The zero-order valence-corrected chi connectivity index (χ0v) is 10.2. The highest BCUT2D eigenvalue weighted by atomic mass is 16.5. The highest BCUT2D eigenvalue weighted by Gasteiger charge is 2.10. The molecule has 3 heteroatoms. The third-order valence-electron chi connectivity index (χ3n) is 2.85. The lowest BCUT2D eigenvalue weighted by Gasteiger charge is -2.10. The van der Waals surface area contributed by atoms with Crippen LogP contribution in [-0.4, -0.2) is 19.6 Å². The number of rotatable bonds is 4. The summed E-state index contributed by atoms with van der Waals surface area (Å²) in [6.45, 7) is 4.75. The smallest absolute Gasteiger partial charge is 0.337 e. The van der Waals surface area contributed by atoms with E-state index in [1.54, 1.807) is 0 Å². The van der Waals surface area contributed by atoms with Crippen LogP contribution in [0.1, 0.15) is 33.5 Å². The third kappa shape index (κ3) is 2.83. The van der Waals surface area contributed by atoms with Gasteiger partial charge in [-0.05, 0) is 62.1 Å². The van der Waals surface area contributed by atoms with Gasteiger partial charge in [-0.2, -0.15) is 0 Å². The van der Waals surface area contributed by atoms with E-state index in [1.807, 2.05) is 19.1 Å². The van der Waals surface area contributed by atoms with Crippen molar-refractivity contribution in [2.24, 2.45) is 5.73 Å². The average Bonchev–Trinajstić information content (AvgIpc) is 2.29. The molecule has 0 aliphatic carbocycles. The lowest BCUT2D eigenvalue weighted by Crippen LogP contribution is -2.06. The molecular formula is C13H19NO2. The van der Waals surface area contributed by atoms with E-state index in [2.05, 4.69) is 6.92 Å². The SMILES string of the molecule is COC(=O)c1cc(C)c(C)c(CCCN)c1. The summed E-state index contributed by atoms with van der Waals surface area (Å²) in [5.74, 6) is -0.280. The van der Waals surface area contributed by atoms with Gasteiger partial charge in [0, 0.05) is 0 Å². The Bertz CT molecular complexity index is 386. The van der Waals surface area contributed by atoms with E-state index in [4.69, 9.17) is 10.5 Å². The van der Waals surface area contributed by atoms with Crippen molar-refractivity contribution in [3.05, 3.63) is 34.4 Å². The summed E-state index contributed by atoms with van der Waals surface area (Å²) < 4.78 is 4.73. The fraction of sp³-hybridized carbons (Fsp3) is 0.462. The number of nitrogens with two attached hydrogens (primary N) is 1. The van der Waals surface area contributed by atoms with Gasteiger partial charge in [-0.15, -0.1) is 0 Å². The van der Waals surface area contributed by atoms with E-state index >= 15 is 0 Å². The van der Waals surface area contributed by atoms with Crippen LogP contribution in [0.2, 0.25) is 0 Å². The number of hydrogen-bond donors (Lipinski definition) is 1. The Balaban J connectivity index is 3.06. The first kappa shape index (κ1) is 12.7. The third-order valence-corrected chi connectivity index (χ3v) is 2.85. The fourth-order valence-electron chi connectivity index (χ4n) is 1.72. The van der Waals surface area contributed by atoms with Gasteiger partial charge in [0.25, 0.3) is 0 Å². The van der Waals surface area contributed by atoms with Crippen molar-refractivity contribution >= 4 is 5.97 Å². The second-order valence-electron chi connectivity index (χ2n) is 3.96. The Kier molecular flexibility index (Phi) is 4.50. The van der Waals surface area contributed by atoms with E-state index in [0.29, 0.717) is 12.1 Å². The molecule has 0 atom stereocenters. The molecule has 1 aromatic rings. The maximum atomic E-state index is 11.5. The molecule has 0 bridgehead atoms. The first-order chi connectivity index (χ1) is 7.60. The van der Waals surface area contributed by atoms with Gasteiger partial charge in [0.15, 0.2) is 0 Å². The minimum Gasteiger partial charge on any atom is -0.465 e. The van der Waals surface area contributed by atoms with Crippen LogP contribution < -0.4 is 5.73 Å². The molecule has 0 aliphatic heterocycles. The normalized spacial score (nSPS) is 10.2. The maximum Gasteiger partial charge on any atom is 0.337 e. The zero-order chi connectivity index (χ0) is 12.1. The molecule has 0 spiro atoms. The van der Waals surface area contributed by atoms with E-state index in [-0.39, 0.29) is 5.97 Å². The molecule has 0 fully saturated rings. The number of benzene rings is 1. The molecule has 1 rings (SSSR count). The van der Waals surface area contributed by atoms with Gasteiger partial charge < -0.3 is 10.5 Å². The molecule has 0 aliphatic rings. The van der Waals surface area contributed by atoms with Crippen molar-refractivity contribution < 1.29 is 9.53 Å². The van der Waals surface area contributed by atoms with Crippen molar-refractivity contribution in [1.82, 2.24) is 0 Å². The Morgan fingerprint density at radius 1 is 1.38 bits per heavy atom. The van der Waals surface area contributed by atoms with Crippen molar-refractivity contribution in [3.63, 3.8) is 0 Å². The van der Waals surface area contributed by atoms with Crippen LogP contribution in [0.4, 0.5) is 0 Å². The standard InChI is InChI=1S/C13H19NO2/c1-9-7-12(13(15)16-3)8-11(10(9)2)5-4-6-14/h7-8H,4-6,14H2,1-3H3. The fourth-order valence-corrected chi connectivity index (χ4v) is 1.72. The Hall–Kier alpha value is -1.35. The second kappa shape index (κ2) is 5.66. The molecule has 0 unspecified atom stereocenters. The number of carbonyl (C=O) groups is 1. The van der Waals surface area contributed by atoms with Gasteiger partial charge in [0.1, 0.15) is 0 Å². The summed E-state index contributed by atoms with van der Waals surface area (Å²) in [5, 5.41) is 0. The molecular weight excluding hydrogens is 202 g/mol. The van der Waals surface area contributed by atoms with Crippen molar-refractivity contribution in [2.45, 2.75) is 26.7 Å². The van der Waals surface area contributed by atoms with Crippen LogP contribution in [0.15, 0.2) is 12.1 Å². The number of aryl methyl sites for hydroxylation is 2. The summed E-state index contributed by atoms with van der Waals surface area (Å²) in [6.07, 6.45) is 1.85. The van der Waals surface area contributed by atoms with Crippen LogP contribution >= 0.6 is 0 Å². The monoisotopic (exact) mass is 221 g/mol. The highest BCUT2D eigenvalue weighted by molar-refractivity contribution is 5.90. The number of esters is 1. The molecule has 0 amide bonds. The summed E-state index contributed by atoms with van der Waals surface area (Å²) in [5.41, 5.74) is 9.66. The lowest BCUT2D eigenvalue weighted by molar-refractivity contribution is 0.0600. The molecule has 0 aromatic heterocycles. The Labute approximate surface area is 96.6 Å². The van der Waals surface area contributed by atoms with Gasteiger partial charge in [-0.3, -0.25) is 0 Å². The van der Waals surface area contributed by atoms with Crippen LogP contribution in [0.25, 0.3) is 0 Å². The second-order valence-corrected chi connectivity index (χ2v) is 3.96. The molecule has 0 radical (unpaired) electrons. The molecule has 0 saturated heterocycles.